The van der Waals surface area contributed by atoms with Crippen LogP contribution in [0.4, 0.5) is 5.82 Å². The van der Waals surface area contributed by atoms with Gasteiger partial charge in [-0.1, -0.05) is 0 Å². The van der Waals surface area contributed by atoms with Crippen molar-refractivity contribution in [3.8, 4) is 5.75 Å². The maximum atomic E-state index is 12.1. The molecule has 0 fully saturated rings. The molecule has 2 N–H and O–H groups in total. The lowest BCUT2D eigenvalue weighted by atomic mass is 10.2. The number of carbonyl (C=O) groups is 1. The van der Waals surface area contributed by atoms with E-state index in [0.717, 1.165) is 5.52 Å². The molecule has 3 aromatic rings. The number of aromatic nitrogens is 3. The molecule has 3 rings (SSSR count). The van der Waals surface area contributed by atoms with Crippen LogP contribution >= 0.6 is 0 Å². The molecular formula is C14H12N4O2. The number of pyridine rings is 1. The molecule has 6 heteroatoms. The van der Waals surface area contributed by atoms with Crippen LogP contribution in [0.25, 0.3) is 11.0 Å². The Hall–Kier alpha value is -2.89. The number of nitrogens with one attached hydrogen (secondary N) is 2. The van der Waals surface area contributed by atoms with E-state index in [0.29, 0.717) is 22.6 Å². The van der Waals surface area contributed by atoms with Crippen LogP contribution in [0.2, 0.25) is 0 Å². The van der Waals surface area contributed by atoms with Crippen molar-refractivity contribution in [2.45, 2.75) is 0 Å². The standard InChI is InChI=1S/C14H12N4O2/c1-20-10-4-2-9(3-5-10)14(19)18-13-12-11(6-7-15-13)16-8-17-12/h2-8H,1H3,(H,16,17)(H,15,18,19). The van der Waals surface area contributed by atoms with Crippen molar-refractivity contribution in [2.75, 3.05) is 12.4 Å². The van der Waals surface area contributed by atoms with Crippen molar-refractivity contribution < 1.29 is 9.53 Å². The third-order valence-electron chi connectivity index (χ3n) is 2.92. The van der Waals surface area contributed by atoms with E-state index < -0.39 is 0 Å². The van der Waals surface area contributed by atoms with Gasteiger partial charge in [0.15, 0.2) is 5.82 Å². The third-order valence-corrected chi connectivity index (χ3v) is 2.92. The predicted molar refractivity (Wildman–Crippen MR) is 74.8 cm³/mol. The molecule has 0 atom stereocenters. The summed E-state index contributed by atoms with van der Waals surface area (Å²) >= 11 is 0. The highest BCUT2D eigenvalue weighted by Gasteiger charge is 2.10. The molecule has 20 heavy (non-hydrogen) atoms. The highest BCUT2D eigenvalue weighted by molar-refractivity contribution is 6.07. The van der Waals surface area contributed by atoms with Crippen molar-refractivity contribution in [2.24, 2.45) is 0 Å². The summed E-state index contributed by atoms with van der Waals surface area (Å²) in [5.41, 5.74) is 1.99. The lowest BCUT2D eigenvalue weighted by Gasteiger charge is -2.05. The molecule has 0 aliphatic heterocycles. The number of rotatable bonds is 3. The van der Waals surface area contributed by atoms with Gasteiger partial charge in [-0.2, -0.15) is 0 Å². The molecule has 2 aromatic heterocycles. The van der Waals surface area contributed by atoms with Gasteiger partial charge in [0.1, 0.15) is 11.3 Å². The Morgan fingerprint density at radius 1 is 1.20 bits per heavy atom. The molecule has 100 valence electrons. The zero-order valence-electron chi connectivity index (χ0n) is 10.8. The van der Waals surface area contributed by atoms with Gasteiger partial charge in [0.2, 0.25) is 0 Å². The van der Waals surface area contributed by atoms with Crippen LogP contribution in [0.1, 0.15) is 10.4 Å². The molecule has 1 amide bonds. The number of anilines is 1. The van der Waals surface area contributed by atoms with Gasteiger partial charge < -0.3 is 15.0 Å². The average molecular weight is 268 g/mol. The Morgan fingerprint density at radius 3 is 2.75 bits per heavy atom. The minimum absolute atomic E-state index is 0.240. The summed E-state index contributed by atoms with van der Waals surface area (Å²) in [6, 6.07) is 8.65. The van der Waals surface area contributed by atoms with Gasteiger partial charge in [-0.15, -0.1) is 0 Å². The number of H-pyrrole nitrogens is 1. The molecule has 0 aliphatic rings. The molecule has 2 heterocycles. The summed E-state index contributed by atoms with van der Waals surface area (Å²) in [6.45, 7) is 0. The van der Waals surface area contributed by atoms with E-state index in [4.69, 9.17) is 4.74 Å². The predicted octanol–water partition coefficient (Wildman–Crippen LogP) is 2.22. The Bertz CT molecular complexity index is 749. The fourth-order valence-electron chi connectivity index (χ4n) is 1.88. The second-order valence-corrected chi connectivity index (χ2v) is 4.14. The van der Waals surface area contributed by atoms with E-state index in [1.165, 1.54) is 0 Å². The van der Waals surface area contributed by atoms with Crippen molar-refractivity contribution >= 4 is 22.8 Å². The van der Waals surface area contributed by atoms with E-state index in [1.807, 2.05) is 0 Å². The number of benzene rings is 1. The highest BCUT2D eigenvalue weighted by Crippen LogP contribution is 2.18. The second kappa shape index (κ2) is 5.00. The van der Waals surface area contributed by atoms with E-state index in [1.54, 1.807) is 50.0 Å². The van der Waals surface area contributed by atoms with E-state index in [9.17, 15) is 4.79 Å². The number of methoxy groups -OCH3 is 1. The minimum Gasteiger partial charge on any atom is -0.497 e. The number of nitrogens with zero attached hydrogens (tertiary/aromatic N) is 2. The molecular weight excluding hydrogens is 256 g/mol. The van der Waals surface area contributed by atoms with Crippen LogP contribution in [0.15, 0.2) is 42.9 Å². The van der Waals surface area contributed by atoms with Crippen molar-refractivity contribution in [1.82, 2.24) is 15.0 Å². The monoisotopic (exact) mass is 268 g/mol. The smallest absolute Gasteiger partial charge is 0.256 e. The van der Waals surface area contributed by atoms with Crippen molar-refractivity contribution in [3.05, 3.63) is 48.4 Å². The summed E-state index contributed by atoms with van der Waals surface area (Å²) in [6.07, 6.45) is 3.18. The normalized spacial score (nSPS) is 10.4. The van der Waals surface area contributed by atoms with E-state index >= 15 is 0 Å². The highest BCUT2D eigenvalue weighted by atomic mass is 16.5. The van der Waals surface area contributed by atoms with Crippen molar-refractivity contribution in [3.63, 3.8) is 0 Å². The molecule has 0 aliphatic carbocycles. The Labute approximate surface area is 114 Å². The second-order valence-electron chi connectivity index (χ2n) is 4.14. The number of aromatic amines is 1. The third kappa shape index (κ3) is 2.18. The van der Waals surface area contributed by atoms with Crippen LogP contribution in [0, 0.1) is 0 Å². The van der Waals surface area contributed by atoms with Gasteiger partial charge in [0.25, 0.3) is 5.91 Å². The quantitative estimate of drug-likeness (QED) is 0.763. The number of imidazole rings is 1. The number of hydrogen-bond acceptors (Lipinski definition) is 4. The fraction of sp³-hybridized carbons (Fsp3) is 0.0714. The average Bonchev–Trinajstić information content (AvgIpc) is 2.97. The zero-order chi connectivity index (χ0) is 13.9. The Kier molecular flexibility index (Phi) is 3.04. The summed E-state index contributed by atoms with van der Waals surface area (Å²) < 4.78 is 5.06. The molecule has 1 aromatic carbocycles. The van der Waals surface area contributed by atoms with Crippen LogP contribution in [0.3, 0.4) is 0 Å². The summed E-state index contributed by atoms with van der Waals surface area (Å²) in [7, 11) is 1.58. The molecule has 0 unspecified atom stereocenters. The molecule has 0 spiro atoms. The first-order valence-electron chi connectivity index (χ1n) is 6.01. The lowest BCUT2D eigenvalue weighted by molar-refractivity contribution is 0.102. The lowest BCUT2D eigenvalue weighted by Crippen LogP contribution is -2.13. The van der Waals surface area contributed by atoms with Gasteiger partial charge >= 0.3 is 0 Å². The SMILES string of the molecule is COc1ccc(C(=O)Nc2nccc3[nH]cnc23)cc1. The maximum Gasteiger partial charge on any atom is 0.256 e. The van der Waals surface area contributed by atoms with Gasteiger partial charge in [-0.3, -0.25) is 4.79 Å². The molecule has 0 saturated heterocycles. The van der Waals surface area contributed by atoms with Gasteiger partial charge in [-0.25, -0.2) is 9.97 Å². The Morgan fingerprint density at radius 2 is 2.00 bits per heavy atom. The topological polar surface area (TPSA) is 79.9 Å². The first-order chi connectivity index (χ1) is 9.78. The molecule has 0 radical (unpaired) electrons. The Balaban J connectivity index is 1.86. The van der Waals surface area contributed by atoms with E-state index in [-0.39, 0.29) is 5.91 Å². The minimum atomic E-state index is -0.240. The van der Waals surface area contributed by atoms with Gasteiger partial charge in [0, 0.05) is 11.8 Å². The summed E-state index contributed by atoms with van der Waals surface area (Å²) in [4.78, 5) is 23.4. The van der Waals surface area contributed by atoms with E-state index in [2.05, 4.69) is 20.3 Å². The summed E-state index contributed by atoms with van der Waals surface area (Å²) in [5.74, 6) is 0.897. The van der Waals surface area contributed by atoms with Gasteiger partial charge in [0.05, 0.1) is 19.0 Å². The maximum absolute atomic E-state index is 12.1. The summed E-state index contributed by atoms with van der Waals surface area (Å²) in [5, 5.41) is 2.75. The fourth-order valence-corrected chi connectivity index (χ4v) is 1.88. The first kappa shape index (κ1) is 12.2. The largest absolute Gasteiger partial charge is 0.497 e. The van der Waals surface area contributed by atoms with Crippen molar-refractivity contribution in [1.29, 1.82) is 0 Å². The first-order valence-corrected chi connectivity index (χ1v) is 6.01. The number of ether oxygens (including phenoxy) is 1. The van der Waals surface area contributed by atoms with Crippen LogP contribution in [-0.4, -0.2) is 28.0 Å². The molecule has 0 saturated carbocycles. The van der Waals surface area contributed by atoms with Crippen LogP contribution in [-0.2, 0) is 0 Å². The zero-order valence-corrected chi connectivity index (χ0v) is 10.8. The van der Waals surface area contributed by atoms with Gasteiger partial charge in [-0.05, 0) is 30.3 Å². The molecule has 0 bridgehead atoms. The number of fused-ring (bicyclic) bond motifs is 1. The number of amides is 1. The number of hydrogen-bond donors (Lipinski definition) is 2. The molecule has 6 nitrogen and oxygen atoms in total. The van der Waals surface area contributed by atoms with Crippen LogP contribution < -0.4 is 10.1 Å². The number of carbonyl (C=O) groups excluding carboxylic acids is 1. The van der Waals surface area contributed by atoms with Crippen LogP contribution in [0.5, 0.6) is 5.75 Å².